The molecule has 5 heteroatoms. The first kappa shape index (κ1) is 11.4. The molecular formula is C10H8ClNO3. The SMILES string of the molecule is CC(=O)/C(=C/c1ccccc1Cl)[N+](=O)[O-]. The molecule has 0 amide bonds. The minimum Gasteiger partial charge on any atom is -0.288 e. The zero-order valence-corrected chi connectivity index (χ0v) is 8.69. The fraction of sp³-hybridized carbons (Fsp3) is 0.100. The molecule has 0 saturated carbocycles. The molecule has 1 rings (SSSR count). The highest BCUT2D eigenvalue weighted by Gasteiger charge is 2.17. The van der Waals surface area contributed by atoms with Gasteiger partial charge in [-0.05, 0) is 11.6 Å². The summed E-state index contributed by atoms with van der Waals surface area (Å²) in [4.78, 5) is 20.8. The zero-order chi connectivity index (χ0) is 11.4. The summed E-state index contributed by atoms with van der Waals surface area (Å²) in [6.45, 7) is 1.14. The molecule has 78 valence electrons. The Morgan fingerprint density at radius 3 is 2.53 bits per heavy atom. The van der Waals surface area contributed by atoms with Crippen LogP contribution in [0.15, 0.2) is 30.0 Å². The second kappa shape index (κ2) is 4.70. The molecule has 1 aromatic rings. The Bertz CT molecular complexity index is 424. The van der Waals surface area contributed by atoms with Crippen molar-refractivity contribution in [1.29, 1.82) is 0 Å². The van der Waals surface area contributed by atoms with Crippen molar-refractivity contribution in [1.82, 2.24) is 0 Å². The van der Waals surface area contributed by atoms with Gasteiger partial charge in [-0.15, -0.1) is 0 Å². The lowest BCUT2D eigenvalue weighted by molar-refractivity contribution is -0.417. The lowest BCUT2D eigenvalue weighted by Gasteiger charge is -1.97. The van der Waals surface area contributed by atoms with Gasteiger partial charge in [0.15, 0.2) is 0 Å². The van der Waals surface area contributed by atoms with Crippen LogP contribution in [-0.4, -0.2) is 10.7 Å². The summed E-state index contributed by atoms with van der Waals surface area (Å²) in [5.41, 5.74) is -0.0100. The van der Waals surface area contributed by atoms with Crippen LogP contribution in [0.3, 0.4) is 0 Å². The first-order valence-electron chi connectivity index (χ1n) is 4.14. The van der Waals surface area contributed by atoms with E-state index in [0.29, 0.717) is 10.6 Å². The van der Waals surface area contributed by atoms with Gasteiger partial charge in [-0.3, -0.25) is 14.9 Å². The first-order valence-corrected chi connectivity index (χ1v) is 4.51. The van der Waals surface area contributed by atoms with Crippen molar-refractivity contribution in [3.8, 4) is 0 Å². The maximum atomic E-state index is 10.9. The summed E-state index contributed by atoms with van der Waals surface area (Å²) >= 11 is 5.80. The van der Waals surface area contributed by atoms with Gasteiger partial charge in [0, 0.05) is 18.0 Å². The van der Waals surface area contributed by atoms with Crippen LogP contribution in [0.1, 0.15) is 12.5 Å². The van der Waals surface area contributed by atoms with Crippen molar-refractivity contribution in [2.75, 3.05) is 0 Å². The molecule has 0 aliphatic carbocycles. The molecule has 0 aromatic heterocycles. The molecule has 4 nitrogen and oxygen atoms in total. The lowest BCUT2D eigenvalue weighted by atomic mass is 10.1. The molecule has 0 atom stereocenters. The van der Waals surface area contributed by atoms with Gasteiger partial charge in [0.1, 0.15) is 0 Å². The van der Waals surface area contributed by atoms with Crippen LogP contribution >= 0.6 is 11.6 Å². The van der Waals surface area contributed by atoms with Crippen molar-refractivity contribution in [3.05, 3.63) is 50.7 Å². The summed E-state index contributed by atoms with van der Waals surface area (Å²) in [7, 11) is 0. The van der Waals surface area contributed by atoms with Crippen LogP contribution in [0.25, 0.3) is 6.08 Å². The van der Waals surface area contributed by atoms with E-state index in [1.165, 1.54) is 6.08 Å². The predicted octanol–water partition coefficient (Wildman–Crippen LogP) is 2.55. The van der Waals surface area contributed by atoms with Gasteiger partial charge in [0.05, 0.1) is 4.92 Å². The Hall–Kier alpha value is -1.68. The molecule has 0 saturated heterocycles. The molecule has 0 N–H and O–H groups in total. The third-order valence-electron chi connectivity index (χ3n) is 1.75. The van der Waals surface area contributed by atoms with E-state index in [9.17, 15) is 14.9 Å². The lowest BCUT2D eigenvalue weighted by Crippen LogP contribution is -2.07. The first-order chi connectivity index (χ1) is 7.02. The number of ketones is 1. The molecule has 0 radical (unpaired) electrons. The van der Waals surface area contributed by atoms with E-state index in [1.807, 2.05) is 0 Å². The minimum atomic E-state index is -0.717. The van der Waals surface area contributed by atoms with E-state index in [2.05, 4.69) is 0 Å². The third kappa shape index (κ3) is 2.89. The van der Waals surface area contributed by atoms with Crippen LogP contribution in [0.4, 0.5) is 0 Å². The molecule has 0 aliphatic rings. The smallest absolute Gasteiger partial charge is 0.288 e. The Morgan fingerprint density at radius 2 is 2.07 bits per heavy atom. The summed E-state index contributed by atoms with van der Waals surface area (Å²) < 4.78 is 0. The second-order valence-electron chi connectivity index (χ2n) is 2.86. The summed E-state index contributed by atoms with van der Waals surface area (Å²) in [5.74, 6) is -0.597. The van der Waals surface area contributed by atoms with Gasteiger partial charge in [0.25, 0.3) is 0 Å². The van der Waals surface area contributed by atoms with Crippen molar-refractivity contribution in [2.45, 2.75) is 6.92 Å². The molecule has 0 unspecified atom stereocenters. The maximum Gasteiger partial charge on any atom is 0.312 e. The van der Waals surface area contributed by atoms with Crippen LogP contribution in [0.5, 0.6) is 0 Å². The molecule has 0 heterocycles. The molecular weight excluding hydrogens is 218 g/mol. The Morgan fingerprint density at radius 1 is 1.47 bits per heavy atom. The highest BCUT2D eigenvalue weighted by Crippen LogP contribution is 2.18. The van der Waals surface area contributed by atoms with Crippen molar-refractivity contribution in [3.63, 3.8) is 0 Å². The number of benzene rings is 1. The van der Waals surface area contributed by atoms with E-state index >= 15 is 0 Å². The van der Waals surface area contributed by atoms with Gasteiger partial charge < -0.3 is 0 Å². The Labute approximate surface area is 91.3 Å². The summed E-state index contributed by atoms with van der Waals surface area (Å²) in [6.07, 6.45) is 1.17. The van der Waals surface area contributed by atoms with Gasteiger partial charge in [-0.25, -0.2) is 0 Å². The number of nitrogens with zero attached hydrogens (tertiary/aromatic N) is 1. The van der Waals surface area contributed by atoms with Gasteiger partial charge in [-0.2, -0.15) is 0 Å². The van der Waals surface area contributed by atoms with Gasteiger partial charge >= 0.3 is 5.70 Å². The van der Waals surface area contributed by atoms with Crippen LogP contribution < -0.4 is 0 Å². The summed E-state index contributed by atoms with van der Waals surface area (Å²) in [6, 6.07) is 6.61. The molecule has 0 bridgehead atoms. The fourth-order valence-corrected chi connectivity index (χ4v) is 1.21. The number of halogens is 1. The van der Waals surface area contributed by atoms with E-state index in [0.717, 1.165) is 6.92 Å². The van der Waals surface area contributed by atoms with E-state index in [4.69, 9.17) is 11.6 Å². The number of carbonyl (C=O) groups excluding carboxylic acids is 1. The Balaban J connectivity index is 3.19. The monoisotopic (exact) mass is 225 g/mol. The topological polar surface area (TPSA) is 60.2 Å². The number of rotatable bonds is 3. The van der Waals surface area contributed by atoms with Gasteiger partial charge in [0.2, 0.25) is 5.78 Å². The number of Topliss-reactive ketones (excluding diaryl/α,β-unsaturated/α-hetero) is 1. The van der Waals surface area contributed by atoms with E-state index in [-0.39, 0.29) is 0 Å². The zero-order valence-electron chi connectivity index (χ0n) is 7.94. The molecule has 0 aliphatic heterocycles. The highest BCUT2D eigenvalue weighted by atomic mass is 35.5. The molecule has 1 aromatic carbocycles. The number of hydrogen-bond acceptors (Lipinski definition) is 3. The molecule has 15 heavy (non-hydrogen) atoms. The van der Waals surface area contributed by atoms with Crippen LogP contribution in [0.2, 0.25) is 5.02 Å². The van der Waals surface area contributed by atoms with Crippen LogP contribution in [-0.2, 0) is 4.79 Å². The maximum absolute atomic E-state index is 10.9. The van der Waals surface area contributed by atoms with Crippen molar-refractivity contribution >= 4 is 23.5 Å². The third-order valence-corrected chi connectivity index (χ3v) is 2.10. The van der Waals surface area contributed by atoms with Crippen molar-refractivity contribution < 1.29 is 9.72 Å². The van der Waals surface area contributed by atoms with Gasteiger partial charge in [-0.1, -0.05) is 29.8 Å². The normalized spacial score (nSPS) is 11.2. The largest absolute Gasteiger partial charge is 0.312 e. The number of allylic oxidation sites excluding steroid dienone is 1. The number of nitro groups is 1. The highest BCUT2D eigenvalue weighted by molar-refractivity contribution is 6.32. The standard InChI is InChI=1S/C10H8ClNO3/c1-7(13)10(12(14)15)6-8-4-2-3-5-9(8)11/h2-6H,1H3/b10-6-. The van der Waals surface area contributed by atoms with Crippen LogP contribution in [0, 0.1) is 10.1 Å². The van der Waals surface area contributed by atoms with E-state index in [1.54, 1.807) is 24.3 Å². The van der Waals surface area contributed by atoms with Crippen molar-refractivity contribution in [2.24, 2.45) is 0 Å². The quantitative estimate of drug-likeness (QED) is 0.451. The fourth-order valence-electron chi connectivity index (χ4n) is 1.02. The average molecular weight is 226 g/mol. The predicted molar refractivity (Wildman–Crippen MR) is 57.1 cm³/mol. The number of carbonyl (C=O) groups is 1. The second-order valence-corrected chi connectivity index (χ2v) is 3.27. The Kier molecular flexibility index (Phi) is 3.57. The summed E-state index contributed by atoms with van der Waals surface area (Å²) in [5, 5.41) is 10.9. The molecule has 0 fully saturated rings. The van der Waals surface area contributed by atoms with E-state index < -0.39 is 16.4 Å². The molecule has 0 spiro atoms. The number of hydrogen-bond donors (Lipinski definition) is 0. The average Bonchev–Trinajstić information content (AvgIpc) is 2.15. The minimum absolute atomic E-state index is 0.373.